The monoisotopic (exact) mass is 452 g/mol. The van der Waals surface area contributed by atoms with Gasteiger partial charge in [0, 0.05) is 35.5 Å². The predicted molar refractivity (Wildman–Crippen MR) is 108 cm³/mol. The zero-order chi connectivity index (χ0) is 23.8. The van der Waals surface area contributed by atoms with E-state index >= 15 is 0 Å². The van der Waals surface area contributed by atoms with Crippen molar-refractivity contribution in [3.8, 4) is 5.75 Å². The Hall–Kier alpha value is -3.21. The maximum absolute atomic E-state index is 14.0. The number of rotatable bonds is 5. The standard InChI is InChI=1S/C21H23F3N4O4/c1-10-15(13-6-8-26-11(2)16(13)31-4)17(32-20(10,3)21(22,23)24)19(30)28-12-5-7-27-14(9-12)18(25)29/h5-10,15,17H,1-4H3,(H2,25,29)(H,27,28,30)/t10-,15+,17-,20-/m1/s1. The van der Waals surface area contributed by atoms with E-state index in [9.17, 15) is 22.8 Å². The van der Waals surface area contributed by atoms with E-state index < -0.39 is 41.5 Å². The van der Waals surface area contributed by atoms with E-state index in [0.717, 1.165) is 6.92 Å². The van der Waals surface area contributed by atoms with Crippen molar-refractivity contribution in [1.82, 2.24) is 9.97 Å². The molecule has 8 nitrogen and oxygen atoms in total. The summed E-state index contributed by atoms with van der Waals surface area (Å²) in [5.41, 5.74) is 3.51. The molecule has 2 aromatic rings. The van der Waals surface area contributed by atoms with Gasteiger partial charge in [0.1, 0.15) is 17.5 Å². The first kappa shape index (κ1) is 23.5. The number of ether oxygens (including phenoxy) is 2. The number of nitrogens with two attached hydrogens (primary N) is 1. The fourth-order valence-corrected chi connectivity index (χ4v) is 3.98. The zero-order valence-corrected chi connectivity index (χ0v) is 17.9. The Kier molecular flexibility index (Phi) is 6.14. The van der Waals surface area contributed by atoms with Crippen LogP contribution in [-0.2, 0) is 9.53 Å². The molecule has 0 aliphatic carbocycles. The molecular weight excluding hydrogens is 429 g/mol. The number of carbonyl (C=O) groups is 2. The molecule has 0 aromatic carbocycles. The number of amides is 2. The first-order valence-corrected chi connectivity index (χ1v) is 9.71. The lowest BCUT2D eigenvalue weighted by Gasteiger charge is -2.32. The molecule has 0 saturated carbocycles. The Morgan fingerprint density at radius 3 is 2.50 bits per heavy atom. The van der Waals surface area contributed by atoms with Gasteiger partial charge in [-0.2, -0.15) is 13.2 Å². The summed E-state index contributed by atoms with van der Waals surface area (Å²) in [5, 5.41) is 2.51. The Balaban J connectivity index is 2.05. The van der Waals surface area contributed by atoms with Crippen LogP contribution in [0, 0.1) is 12.8 Å². The fourth-order valence-electron chi connectivity index (χ4n) is 3.98. The minimum absolute atomic E-state index is 0.105. The number of halogens is 3. The normalized spacial score (nSPS) is 25.4. The highest BCUT2D eigenvalue weighted by molar-refractivity contribution is 5.97. The van der Waals surface area contributed by atoms with Crippen LogP contribution in [0.5, 0.6) is 5.75 Å². The largest absolute Gasteiger partial charge is 0.495 e. The molecule has 1 aliphatic heterocycles. The Labute approximate surface area is 182 Å². The molecule has 3 rings (SSSR count). The Morgan fingerprint density at radius 2 is 1.91 bits per heavy atom. The molecule has 172 valence electrons. The third-order valence-corrected chi connectivity index (χ3v) is 5.88. The zero-order valence-electron chi connectivity index (χ0n) is 17.9. The summed E-state index contributed by atoms with van der Waals surface area (Å²) in [5.74, 6) is -3.46. The van der Waals surface area contributed by atoms with Gasteiger partial charge in [0.15, 0.2) is 5.60 Å². The molecule has 2 amide bonds. The smallest absolute Gasteiger partial charge is 0.417 e. The topological polar surface area (TPSA) is 116 Å². The maximum atomic E-state index is 14.0. The van der Waals surface area contributed by atoms with Gasteiger partial charge in [0.2, 0.25) is 0 Å². The molecule has 1 saturated heterocycles. The number of alkyl halides is 3. The number of hydrogen-bond acceptors (Lipinski definition) is 6. The van der Waals surface area contributed by atoms with E-state index in [2.05, 4.69) is 15.3 Å². The molecule has 0 bridgehead atoms. The molecule has 0 radical (unpaired) electrons. The summed E-state index contributed by atoms with van der Waals surface area (Å²) < 4.78 is 52.8. The van der Waals surface area contributed by atoms with Crippen LogP contribution in [0.25, 0.3) is 0 Å². The van der Waals surface area contributed by atoms with E-state index in [1.165, 1.54) is 44.6 Å². The number of primary amides is 1. The summed E-state index contributed by atoms with van der Waals surface area (Å²) >= 11 is 0. The minimum atomic E-state index is -4.73. The SMILES string of the molecule is COc1c([C@@H]2[C@@H](C)[C@](C)(C(F)(F)F)O[C@H]2C(=O)Nc2ccnc(C(N)=O)c2)ccnc1C. The average Bonchev–Trinajstić information content (AvgIpc) is 3.00. The molecule has 11 heteroatoms. The first-order valence-electron chi connectivity index (χ1n) is 9.71. The number of nitrogens with zero attached hydrogens (tertiary/aromatic N) is 2. The average molecular weight is 452 g/mol. The van der Waals surface area contributed by atoms with Gasteiger partial charge in [-0.3, -0.25) is 19.6 Å². The number of pyridine rings is 2. The van der Waals surface area contributed by atoms with E-state index in [1.54, 1.807) is 6.92 Å². The third kappa shape index (κ3) is 3.99. The number of aromatic nitrogens is 2. The van der Waals surface area contributed by atoms with Crippen molar-refractivity contribution in [1.29, 1.82) is 0 Å². The number of nitrogens with one attached hydrogen (secondary N) is 1. The van der Waals surface area contributed by atoms with Crippen LogP contribution in [0.4, 0.5) is 18.9 Å². The van der Waals surface area contributed by atoms with E-state index in [0.29, 0.717) is 11.3 Å². The second-order valence-corrected chi connectivity index (χ2v) is 7.76. The van der Waals surface area contributed by atoms with Gasteiger partial charge < -0.3 is 20.5 Å². The van der Waals surface area contributed by atoms with Gasteiger partial charge in [0.25, 0.3) is 11.8 Å². The summed E-state index contributed by atoms with van der Waals surface area (Å²) in [6.45, 7) is 3.97. The molecule has 3 heterocycles. The van der Waals surface area contributed by atoms with Gasteiger partial charge in [-0.15, -0.1) is 0 Å². The summed E-state index contributed by atoms with van der Waals surface area (Å²) in [6.07, 6.45) is -3.54. The lowest BCUT2D eigenvalue weighted by molar-refractivity contribution is -0.272. The molecule has 0 spiro atoms. The number of carbonyl (C=O) groups excluding carboxylic acids is 2. The van der Waals surface area contributed by atoms with E-state index in [1.807, 2.05) is 0 Å². The first-order chi connectivity index (χ1) is 14.9. The minimum Gasteiger partial charge on any atom is -0.495 e. The summed E-state index contributed by atoms with van der Waals surface area (Å²) in [6, 6.07) is 4.14. The summed E-state index contributed by atoms with van der Waals surface area (Å²) in [7, 11) is 1.38. The summed E-state index contributed by atoms with van der Waals surface area (Å²) in [4.78, 5) is 32.4. The highest BCUT2D eigenvalue weighted by atomic mass is 19.4. The highest BCUT2D eigenvalue weighted by Gasteiger charge is 2.65. The quantitative estimate of drug-likeness (QED) is 0.721. The van der Waals surface area contributed by atoms with Crippen LogP contribution in [0.1, 0.15) is 41.5 Å². The third-order valence-electron chi connectivity index (χ3n) is 5.88. The van der Waals surface area contributed by atoms with E-state index in [-0.39, 0.29) is 17.1 Å². The predicted octanol–water partition coefficient (Wildman–Crippen LogP) is 2.97. The molecular formula is C21H23F3N4O4. The number of anilines is 1. The molecule has 32 heavy (non-hydrogen) atoms. The van der Waals surface area contributed by atoms with Crippen LogP contribution >= 0.6 is 0 Å². The molecule has 3 N–H and O–H groups in total. The highest BCUT2D eigenvalue weighted by Crippen LogP contribution is 2.54. The van der Waals surface area contributed by atoms with Gasteiger partial charge >= 0.3 is 6.18 Å². The number of aryl methyl sites for hydroxylation is 1. The van der Waals surface area contributed by atoms with Crippen molar-refractivity contribution >= 4 is 17.5 Å². The molecule has 0 unspecified atom stereocenters. The van der Waals surface area contributed by atoms with Crippen LogP contribution in [-0.4, -0.2) is 46.8 Å². The van der Waals surface area contributed by atoms with Crippen molar-refractivity contribution in [2.24, 2.45) is 11.7 Å². The second-order valence-electron chi connectivity index (χ2n) is 7.76. The Bertz CT molecular complexity index is 1050. The molecule has 1 fully saturated rings. The van der Waals surface area contributed by atoms with Crippen molar-refractivity contribution < 1.29 is 32.2 Å². The van der Waals surface area contributed by atoms with Gasteiger partial charge in [0.05, 0.1) is 12.8 Å². The van der Waals surface area contributed by atoms with E-state index in [4.69, 9.17) is 15.2 Å². The molecule has 2 aromatic heterocycles. The number of hydrogen-bond donors (Lipinski definition) is 2. The van der Waals surface area contributed by atoms with Crippen molar-refractivity contribution in [3.05, 3.63) is 47.5 Å². The number of methoxy groups -OCH3 is 1. The van der Waals surface area contributed by atoms with Crippen LogP contribution in [0.15, 0.2) is 30.6 Å². The van der Waals surface area contributed by atoms with Crippen molar-refractivity contribution in [2.75, 3.05) is 12.4 Å². The van der Waals surface area contributed by atoms with Crippen LogP contribution < -0.4 is 15.8 Å². The molecule has 1 aliphatic rings. The second kappa shape index (κ2) is 8.38. The lowest BCUT2D eigenvalue weighted by Crippen LogP contribution is -2.47. The lowest BCUT2D eigenvalue weighted by atomic mass is 9.77. The van der Waals surface area contributed by atoms with Gasteiger partial charge in [-0.05, 0) is 32.0 Å². The van der Waals surface area contributed by atoms with Gasteiger partial charge in [-0.25, -0.2) is 0 Å². The molecule has 4 atom stereocenters. The Morgan fingerprint density at radius 1 is 1.25 bits per heavy atom. The van der Waals surface area contributed by atoms with Gasteiger partial charge in [-0.1, -0.05) is 6.92 Å². The maximum Gasteiger partial charge on any atom is 0.417 e. The van der Waals surface area contributed by atoms with Crippen molar-refractivity contribution in [2.45, 2.75) is 44.6 Å². The van der Waals surface area contributed by atoms with Crippen LogP contribution in [0.3, 0.4) is 0 Å². The fraction of sp³-hybridized carbons (Fsp3) is 0.429. The van der Waals surface area contributed by atoms with Crippen molar-refractivity contribution in [3.63, 3.8) is 0 Å². The van der Waals surface area contributed by atoms with Crippen LogP contribution in [0.2, 0.25) is 0 Å².